The lowest BCUT2D eigenvalue weighted by atomic mass is 10.2. The van der Waals surface area contributed by atoms with Crippen LogP contribution in [-0.4, -0.2) is 26.5 Å². The fraction of sp³-hybridized carbons (Fsp3) is 0.273. The number of aromatic nitrogens is 3. The summed E-state index contributed by atoms with van der Waals surface area (Å²) >= 11 is 5.86. The number of nitro benzene ring substituents is 1. The lowest BCUT2D eigenvalue weighted by Crippen LogP contribution is -2.04. The molecule has 2 rings (SSSR count). The lowest BCUT2D eigenvalue weighted by molar-refractivity contribution is -0.385. The van der Waals surface area contributed by atoms with Crippen molar-refractivity contribution in [3.8, 4) is 0 Å². The van der Waals surface area contributed by atoms with Crippen molar-refractivity contribution in [3.05, 3.63) is 50.8 Å². The Bertz CT molecular complexity index is 599. The smallest absolute Gasteiger partial charge is 0.274 e. The minimum absolute atomic E-state index is 0.0141. The van der Waals surface area contributed by atoms with E-state index in [1.165, 1.54) is 16.8 Å². The summed E-state index contributed by atoms with van der Waals surface area (Å²) in [5.41, 5.74) is 6.68. The second-order valence-electron chi connectivity index (χ2n) is 3.98. The zero-order valence-corrected chi connectivity index (χ0v) is 10.7. The number of hydrogen-bond donors (Lipinski definition) is 1. The molecule has 100 valence electrons. The molecule has 0 fully saturated rings. The molecular formula is C11H12ClN5O2. The van der Waals surface area contributed by atoms with Gasteiger partial charge in [0.25, 0.3) is 5.69 Å². The van der Waals surface area contributed by atoms with E-state index in [0.717, 1.165) is 5.69 Å². The van der Waals surface area contributed by atoms with Crippen molar-refractivity contribution in [1.82, 2.24) is 15.0 Å². The number of hydrogen-bond acceptors (Lipinski definition) is 5. The van der Waals surface area contributed by atoms with E-state index in [2.05, 4.69) is 10.3 Å². The van der Waals surface area contributed by atoms with Gasteiger partial charge in [0, 0.05) is 23.7 Å². The third kappa shape index (κ3) is 3.27. The van der Waals surface area contributed by atoms with Crippen molar-refractivity contribution >= 4 is 17.3 Å². The van der Waals surface area contributed by atoms with Crippen molar-refractivity contribution in [2.45, 2.75) is 13.0 Å². The predicted octanol–water partition coefficient (Wildman–Crippen LogP) is 1.39. The lowest BCUT2D eigenvalue weighted by Gasteiger charge is -2.03. The summed E-state index contributed by atoms with van der Waals surface area (Å²) in [6, 6.07) is 4.43. The summed E-state index contributed by atoms with van der Waals surface area (Å²) < 4.78 is 1.53. The van der Waals surface area contributed by atoms with Crippen LogP contribution in [0.1, 0.15) is 11.3 Å². The van der Waals surface area contributed by atoms with Gasteiger partial charge < -0.3 is 5.73 Å². The predicted molar refractivity (Wildman–Crippen MR) is 70.0 cm³/mol. The van der Waals surface area contributed by atoms with Crippen molar-refractivity contribution in [2.24, 2.45) is 5.73 Å². The number of halogens is 1. The van der Waals surface area contributed by atoms with Gasteiger partial charge in [-0.15, -0.1) is 5.10 Å². The highest BCUT2D eigenvalue weighted by atomic mass is 35.5. The van der Waals surface area contributed by atoms with Crippen LogP contribution in [0.4, 0.5) is 5.69 Å². The van der Waals surface area contributed by atoms with Gasteiger partial charge in [0.15, 0.2) is 0 Å². The fourth-order valence-corrected chi connectivity index (χ4v) is 1.91. The van der Waals surface area contributed by atoms with Crippen molar-refractivity contribution in [1.29, 1.82) is 0 Å². The molecule has 0 bridgehead atoms. The molecule has 0 amide bonds. The van der Waals surface area contributed by atoms with Gasteiger partial charge in [-0.2, -0.15) is 0 Å². The van der Waals surface area contributed by atoms with Crippen molar-refractivity contribution in [2.75, 3.05) is 6.54 Å². The Morgan fingerprint density at radius 2 is 2.26 bits per heavy atom. The summed E-state index contributed by atoms with van der Waals surface area (Å²) in [6.07, 6.45) is 2.34. The number of nitro groups is 1. The van der Waals surface area contributed by atoms with E-state index in [4.69, 9.17) is 17.3 Å². The third-order valence-electron chi connectivity index (χ3n) is 2.56. The summed E-state index contributed by atoms with van der Waals surface area (Å²) in [7, 11) is 0. The van der Waals surface area contributed by atoms with Crippen molar-refractivity contribution < 1.29 is 4.92 Å². The van der Waals surface area contributed by atoms with Crippen LogP contribution in [0.5, 0.6) is 0 Å². The van der Waals surface area contributed by atoms with Gasteiger partial charge in [-0.3, -0.25) is 10.1 Å². The Labute approximate surface area is 114 Å². The van der Waals surface area contributed by atoms with E-state index >= 15 is 0 Å². The first-order valence-corrected chi connectivity index (χ1v) is 6.00. The standard InChI is InChI=1S/C11H12ClN5O2/c12-9-1-2-11(17(18)19)8(5-9)6-16-7-10(3-4-13)14-15-16/h1-2,5,7H,3-4,6,13H2. The molecule has 0 spiro atoms. The van der Waals surface area contributed by atoms with E-state index in [9.17, 15) is 10.1 Å². The van der Waals surface area contributed by atoms with Crippen LogP contribution >= 0.6 is 11.6 Å². The molecule has 1 aromatic carbocycles. The van der Waals surface area contributed by atoms with Gasteiger partial charge in [-0.25, -0.2) is 4.68 Å². The monoisotopic (exact) mass is 281 g/mol. The topological polar surface area (TPSA) is 99.9 Å². The first-order valence-electron chi connectivity index (χ1n) is 5.62. The minimum Gasteiger partial charge on any atom is -0.330 e. The maximum absolute atomic E-state index is 10.9. The number of rotatable bonds is 5. The van der Waals surface area contributed by atoms with Gasteiger partial charge in [-0.1, -0.05) is 16.8 Å². The van der Waals surface area contributed by atoms with Crippen LogP contribution in [-0.2, 0) is 13.0 Å². The molecule has 0 aliphatic carbocycles. The molecule has 0 aliphatic heterocycles. The summed E-state index contributed by atoms with van der Waals surface area (Å²) in [5.74, 6) is 0. The molecule has 0 radical (unpaired) electrons. The Morgan fingerprint density at radius 1 is 1.47 bits per heavy atom. The molecule has 0 saturated heterocycles. The largest absolute Gasteiger partial charge is 0.330 e. The Hall–Kier alpha value is -1.99. The average molecular weight is 282 g/mol. The molecule has 0 atom stereocenters. The van der Waals surface area contributed by atoms with Gasteiger partial charge in [-0.05, 0) is 18.7 Å². The highest BCUT2D eigenvalue weighted by Gasteiger charge is 2.14. The van der Waals surface area contributed by atoms with Crippen LogP contribution in [0, 0.1) is 10.1 Å². The first kappa shape index (κ1) is 13.4. The molecule has 0 aliphatic rings. The molecule has 0 unspecified atom stereocenters. The van der Waals surface area contributed by atoms with Crippen LogP contribution in [0.15, 0.2) is 24.4 Å². The van der Waals surface area contributed by atoms with E-state index in [1.807, 2.05) is 0 Å². The van der Waals surface area contributed by atoms with Crippen LogP contribution in [0.3, 0.4) is 0 Å². The van der Waals surface area contributed by atoms with E-state index in [-0.39, 0.29) is 12.2 Å². The summed E-state index contributed by atoms with van der Waals surface area (Å²) in [4.78, 5) is 10.5. The molecule has 19 heavy (non-hydrogen) atoms. The maximum atomic E-state index is 10.9. The molecule has 1 heterocycles. The summed E-state index contributed by atoms with van der Waals surface area (Å²) in [5, 5.41) is 19.2. The highest BCUT2D eigenvalue weighted by Crippen LogP contribution is 2.23. The van der Waals surface area contributed by atoms with E-state index in [0.29, 0.717) is 23.6 Å². The molecule has 8 heteroatoms. The molecule has 2 aromatic rings. The quantitative estimate of drug-likeness (QED) is 0.659. The molecule has 1 aromatic heterocycles. The van der Waals surface area contributed by atoms with Crippen LogP contribution < -0.4 is 5.73 Å². The molecule has 2 N–H and O–H groups in total. The zero-order valence-electron chi connectivity index (χ0n) is 9.99. The van der Waals surface area contributed by atoms with E-state index < -0.39 is 4.92 Å². The molecule has 0 saturated carbocycles. The van der Waals surface area contributed by atoms with Crippen LogP contribution in [0.25, 0.3) is 0 Å². The summed E-state index contributed by atoms with van der Waals surface area (Å²) in [6.45, 7) is 0.727. The highest BCUT2D eigenvalue weighted by molar-refractivity contribution is 6.30. The Morgan fingerprint density at radius 3 is 2.95 bits per heavy atom. The Kier molecular flexibility index (Phi) is 4.08. The SMILES string of the molecule is NCCc1cn(Cc2cc(Cl)ccc2[N+](=O)[O-])nn1. The first-order chi connectivity index (χ1) is 9.10. The fourth-order valence-electron chi connectivity index (χ4n) is 1.71. The van der Waals surface area contributed by atoms with Gasteiger partial charge in [0.2, 0.25) is 0 Å². The van der Waals surface area contributed by atoms with E-state index in [1.54, 1.807) is 12.3 Å². The second kappa shape index (κ2) is 5.77. The third-order valence-corrected chi connectivity index (χ3v) is 2.79. The molecule has 7 nitrogen and oxygen atoms in total. The van der Waals surface area contributed by atoms with Crippen molar-refractivity contribution in [3.63, 3.8) is 0 Å². The minimum atomic E-state index is -0.441. The van der Waals surface area contributed by atoms with Gasteiger partial charge in [0.1, 0.15) is 0 Å². The number of nitrogens with zero attached hydrogens (tertiary/aromatic N) is 4. The Balaban J connectivity index is 2.26. The maximum Gasteiger partial charge on any atom is 0.274 e. The van der Waals surface area contributed by atoms with Gasteiger partial charge in [0.05, 0.1) is 22.7 Å². The number of nitrogens with two attached hydrogens (primary N) is 1. The zero-order chi connectivity index (χ0) is 13.8. The normalized spacial score (nSPS) is 10.6. The second-order valence-corrected chi connectivity index (χ2v) is 4.41. The average Bonchev–Trinajstić information content (AvgIpc) is 2.77. The molecular weight excluding hydrogens is 270 g/mol. The number of benzene rings is 1. The van der Waals surface area contributed by atoms with Gasteiger partial charge >= 0.3 is 0 Å². The van der Waals surface area contributed by atoms with Crippen LogP contribution in [0.2, 0.25) is 5.02 Å².